The summed E-state index contributed by atoms with van der Waals surface area (Å²) in [5.41, 5.74) is 0. The second-order valence-electron chi connectivity index (χ2n) is 34.9. The van der Waals surface area contributed by atoms with Gasteiger partial charge in [0.15, 0.2) is 25.2 Å². The van der Waals surface area contributed by atoms with Crippen LogP contribution in [0, 0.1) is 0 Å². The molecule has 0 bridgehead atoms. The molecule has 0 radical (unpaired) electrons. The quantitative estimate of drug-likeness (QED) is 0.0153. The smallest absolute Gasteiger partial charge is 0.544 e. The maximum Gasteiger partial charge on any atom is 1.00 e. The molecule has 26 unspecified atom stereocenters. The first-order chi connectivity index (χ1) is 61.6. The minimum Gasteiger partial charge on any atom is -0.544 e. The van der Waals surface area contributed by atoms with E-state index in [1.54, 1.807) is 6.08 Å². The molecule has 45 heteroatoms. The zero-order valence-electron chi connectivity index (χ0n) is 76.9. The molecule has 0 spiro atoms. The fourth-order valence-corrected chi connectivity index (χ4v) is 17.2. The van der Waals surface area contributed by atoms with Crippen LogP contribution in [-0.2, 0) is 85.6 Å². The van der Waals surface area contributed by atoms with E-state index in [9.17, 15) is 136 Å². The number of unbranched alkanes of at least 4 members (excludes halogenated alkanes) is 27. The van der Waals surface area contributed by atoms with Crippen molar-refractivity contribution in [1.29, 1.82) is 0 Å². The van der Waals surface area contributed by atoms with Crippen molar-refractivity contribution >= 4 is 35.6 Å². The van der Waals surface area contributed by atoms with E-state index in [1.165, 1.54) is 115 Å². The monoisotopic (exact) mass is 1910 g/mol. The van der Waals surface area contributed by atoms with Crippen molar-refractivity contribution in [1.82, 2.24) is 21.3 Å². The van der Waals surface area contributed by atoms with Crippen LogP contribution >= 0.6 is 0 Å². The molecule has 6 aliphatic heterocycles. The maximum absolute atomic E-state index is 13.9. The number of aliphatic carboxylic acids is 2. The van der Waals surface area contributed by atoms with Gasteiger partial charge in [0.25, 0.3) is 0 Å². The third kappa shape index (κ3) is 36.4. The largest absolute Gasteiger partial charge is 1.00 e. The van der Waals surface area contributed by atoms with Crippen LogP contribution in [0.3, 0.4) is 0 Å². The zero-order valence-corrected chi connectivity index (χ0v) is 80.9. The number of amides is 4. The van der Waals surface area contributed by atoms with E-state index in [-0.39, 0.29) is 65.5 Å². The number of aliphatic hydroxyl groups is 19. The molecule has 6 fully saturated rings. The van der Waals surface area contributed by atoms with Crippen LogP contribution in [0.5, 0.6) is 0 Å². The average molecular weight is 1910 g/mol. The maximum atomic E-state index is 13.9. The number of hydrogen-bond donors (Lipinski definition) is 23. The molecule has 0 saturated carbocycles. The first-order valence-corrected chi connectivity index (χ1v) is 46.2. The molecule has 0 aromatic rings. The Morgan fingerprint density at radius 1 is 0.412 bits per heavy atom. The number of ether oxygens (including phenoxy) is 12. The van der Waals surface area contributed by atoms with Crippen molar-refractivity contribution in [3.05, 3.63) is 12.2 Å². The minimum atomic E-state index is -3.60. The number of aliphatic hydroxyl groups excluding tert-OH is 19. The summed E-state index contributed by atoms with van der Waals surface area (Å²) in [6.45, 7) is -0.926. The molecule has 750 valence electrons. The van der Waals surface area contributed by atoms with E-state index in [2.05, 4.69) is 35.1 Å². The Morgan fingerprint density at radius 3 is 1.18 bits per heavy atom. The van der Waals surface area contributed by atoms with Crippen LogP contribution in [0.2, 0.25) is 0 Å². The van der Waals surface area contributed by atoms with Crippen LogP contribution in [0.4, 0.5) is 0 Å². The third-order valence-electron chi connectivity index (χ3n) is 24.5. The van der Waals surface area contributed by atoms with Gasteiger partial charge in [-0.15, -0.1) is 0 Å². The van der Waals surface area contributed by atoms with Gasteiger partial charge in [-0.25, -0.2) is 0 Å². The number of rotatable bonds is 61. The number of carbonyl (C=O) groups excluding carboxylic acids is 6. The SMILES string of the molecule is CCCCCCCCCCCCCCC/C=C/[C@@H](O)[C@H](COC1OC(CO)C(OC2OC(CO)C(OC3OC(CO)C(O)C(OC4OC(CO)C(OC5(C(=O)[O-])CC(O)[C@@H](NC(C)=O)C([C@@H](O)[C@@H](O)CO)O5)C(O)C4O)C3NC(C)=O)C(OC3(C(=O)[O-])CC(O)[C@@H](NC(C)=O)C([C@@H](O)[C@@H](O)CO)O3)C2O)C(O)C1O)NC(=O)CCCCCCCCCCCCCCCCC.[Na+].[Na+]. The normalized spacial score (nSPS) is 34.2. The molecule has 6 rings (SSSR count). The van der Waals surface area contributed by atoms with E-state index in [1.807, 2.05) is 0 Å². The van der Waals surface area contributed by atoms with Crippen LogP contribution in [0.1, 0.15) is 240 Å². The van der Waals surface area contributed by atoms with Crippen LogP contribution in [0.25, 0.3) is 0 Å². The van der Waals surface area contributed by atoms with Gasteiger partial charge in [-0.05, 0) is 19.3 Å². The van der Waals surface area contributed by atoms with Crippen molar-refractivity contribution in [2.45, 2.75) is 447 Å². The molecule has 4 amide bonds. The van der Waals surface area contributed by atoms with Gasteiger partial charge in [0.1, 0.15) is 146 Å². The predicted molar refractivity (Wildman–Crippen MR) is 444 cm³/mol. The van der Waals surface area contributed by atoms with Gasteiger partial charge < -0.3 is 195 Å². The van der Waals surface area contributed by atoms with Gasteiger partial charge >= 0.3 is 59.1 Å². The molecule has 6 aliphatic rings. The fraction of sp³-hybridized carbons (Fsp3) is 0.907. The Morgan fingerprint density at radius 2 is 0.763 bits per heavy atom. The van der Waals surface area contributed by atoms with Gasteiger partial charge in [0.2, 0.25) is 35.2 Å². The molecular weight excluding hydrogens is 1760 g/mol. The first kappa shape index (κ1) is 121. The van der Waals surface area contributed by atoms with Crippen molar-refractivity contribution in [3.63, 3.8) is 0 Å². The summed E-state index contributed by atoms with van der Waals surface area (Å²) in [5.74, 6) is -15.1. The van der Waals surface area contributed by atoms with Crippen LogP contribution < -0.4 is 90.6 Å². The summed E-state index contributed by atoms with van der Waals surface area (Å²) >= 11 is 0. The second kappa shape index (κ2) is 62.5. The molecule has 34 atom stereocenters. The standard InChI is InChI=1S/C86H152N4O39.2Na/c1-6-8-10-12-14-16-18-20-22-24-26-28-30-32-34-36-51(100)50(90-60(105)37-35-33-31-29-27-25-23-21-19-17-15-13-11-9-7-2)46-118-80-69(111)67(109)72(57(43-94)120-80)123-82-71(113)78(129-86(84(116)117)39-53(102)62(88-48(4)98)77(128-86)65(107)55(104)41-92)74(59(45-96)122-82)124-79-63(89-49(5)99)75(66(108)56(42-93)119-79)125-81-70(112)68(110)73(58(44-95)121-81)126-85(83(114)115)38-52(101)61(87-47(3)97)76(127-85)64(106)54(103)40-91;;/h34,36,50-59,61-82,91-96,100-104,106-113H,6-33,35,37-46H2,1-5H3,(H,87,97)(H,88,98)(H,89,99)(H,90,105)(H,114,115)(H,116,117);;/q;2*+1/p-2/b36-34+;;/t50-,51+,52?,53?,54-,55-,56?,57?,58?,59?,61+,62+,63?,64-,65-,66?,67?,68?,69?,70?,71?,72?,73?,74?,75?,76?,77?,78?,79?,80?,81?,82?,85?,86?;;/m0../s1. The van der Waals surface area contributed by atoms with E-state index in [4.69, 9.17) is 56.8 Å². The number of carboxylic acids is 2. The Hall–Kier alpha value is -2.68. The number of carboxylic acid groups (broad SMARTS) is 2. The van der Waals surface area contributed by atoms with Crippen molar-refractivity contribution in [2.24, 2.45) is 0 Å². The summed E-state index contributed by atoms with van der Waals surface area (Å²) in [4.78, 5) is 79.1. The first-order valence-electron chi connectivity index (χ1n) is 46.2. The summed E-state index contributed by atoms with van der Waals surface area (Å²) < 4.78 is 71.9. The summed E-state index contributed by atoms with van der Waals surface area (Å²) in [6, 6.07) is -6.95. The van der Waals surface area contributed by atoms with Crippen LogP contribution in [0.15, 0.2) is 12.2 Å². The van der Waals surface area contributed by atoms with Gasteiger partial charge in [-0.3, -0.25) is 19.2 Å². The van der Waals surface area contributed by atoms with Crippen molar-refractivity contribution in [2.75, 3.05) is 46.2 Å². The molecule has 0 aromatic carbocycles. The molecule has 23 N–H and O–H groups in total. The average Bonchev–Trinajstić information content (AvgIpc) is 0.748. The molecule has 43 nitrogen and oxygen atoms in total. The third-order valence-corrected chi connectivity index (χ3v) is 24.5. The van der Waals surface area contributed by atoms with E-state index in [0.29, 0.717) is 12.8 Å². The molecular formula is C86H150N4Na2O39. The Balaban J connectivity index is 0.0000180. The summed E-state index contributed by atoms with van der Waals surface area (Å²) in [7, 11) is 0. The van der Waals surface area contributed by atoms with E-state index in [0.717, 1.165) is 85.0 Å². The second-order valence-corrected chi connectivity index (χ2v) is 34.9. The van der Waals surface area contributed by atoms with Gasteiger partial charge in [-0.2, -0.15) is 0 Å². The fourth-order valence-electron chi connectivity index (χ4n) is 17.2. The Kier molecular flexibility index (Phi) is 57.5. The van der Waals surface area contributed by atoms with E-state index < -0.39 is 302 Å². The molecule has 131 heavy (non-hydrogen) atoms. The number of allylic oxidation sites excluding steroid dienone is 1. The Bertz CT molecular complexity index is 3250. The molecule has 0 aliphatic carbocycles. The van der Waals surface area contributed by atoms with Crippen LogP contribution in [-0.4, -0.2) is 386 Å². The zero-order chi connectivity index (χ0) is 95.2. The van der Waals surface area contributed by atoms with Gasteiger partial charge in [-0.1, -0.05) is 193 Å². The van der Waals surface area contributed by atoms with Crippen molar-refractivity contribution in [3.8, 4) is 0 Å². The van der Waals surface area contributed by atoms with E-state index >= 15 is 0 Å². The topological polar surface area (TPSA) is 692 Å². The number of carbonyl (C=O) groups is 6. The molecule has 6 heterocycles. The molecule has 6 saturated heterocycles. The predicted octanol–water partition coefficient (Wildman–Crippen LogP) is -11.7. The molecule has 0 aromatic heterocycles. The van der Waals surface area contributed by atoms with Crippen molar-refractivity contribution < 1.29 is 252 Å². The number of nitrogens with one attached hydrogen (secondary N) is 4. The summed E-state index contributed by atoms with van der Waals surface area (Å²) in [6.07, 6.45) is -29.9. The Labute approximate surface area is 809 Å². The minimum absolute atomic E-state index is 0. The van der Waals surface area contributed by atoms with Gasteiger partial charge in [0, 0.05) is 40.0 Å². The number of hydrogen-bond acceptors (Lipinski definition) is 39. The summed E-state index contributed by atoms with van der Waals surface area (Å²) in [5, 5.41) is 252. The van der Waals surface area contributed by atoms with Gasteiger partial charge in [0.05, 0.1) is 82.7 Å².